The Morgan fingerprint density at radius 2 is 1.95 bits per heavy atom. The highest BCUT2D eigenvalue weighted by molar-refractivity contribution is 5.70. The molecule has 0 bridgehead atoms. The van der Waals surface area contributed by atoms with Crippen LogP contribution in [0.3, 0.4) is 0 Å². The molecule has 20 heavy (non-hydrogen) atoms. The van der Waals surface area contributed by atoms with Gasteiger partial charge in [-0.05, 0) is 30.7 Å². The molecule has 0 amide bonds. The summed E-state index contributed by atoms with van der Waals surface area (Å²) >= 11 is 0. The van der Waals surface area contributed by atoms with E-state index in [2.05, 4.69) is 26.4 Å². The quantitative estimate of drug-likeness (QED) is 0.790. The lowest BCUT2D eigenvalue weighted by Crippen LogP contribution is -2.08. The molecule has 3 aromatic rings. The van der Waals surface area contributed by atoms with Crippen molar-refractivity contribution in [3.8, 4) is 11.3 Å². The van der Waals surface area contributed by atoms with Gasteiger partial charge >= 0.3 is 0 Å². The molecule has 3 aromatic heterocycles. The number of hydrogen-bond donors (Lipinski definition) is 1. The molecular formula is C15H15N5. The van der Waals surface area contributed by atoms with Crippen molar-refractivity contribution in [2.45, 2.75) is 13.0 Å². The van der Waals surface area contributed by atoms with E-state index < -0.39 is 0 Å². The summed E-state index contributed by atoms with van der Waals surface area (Å²) in [5, 5.41) is 0. The molecule has 0 aliphatic rings. The maximum absolute atomic E-state index is 5.95. The van der Waals surface area contributed by atoms with Crippen molar-refractivity contribution < 1.29 is 0 Å². The minimum Gasteiger partial charge on any atom is -0.383 e. The molecule has 1 unspecified atom stereocenters. The SMILES string of the molecule is CC(c1cccnc1)n1cncc1-c1cccnc1N. The van der Waals surface area contributed by atoms with Crippen LogP contribution >= 0.6 is 0 Å². The molecule has 5 heteroatoms. The largest absolute Gasteiger partial charge is 0.383 e. The molecule has 1 atom stereocenters. The zero-order valence-corrected chi connectivity index (χ0v) is 11.1. The van der Waals surface area contributed by atoms with Crippen LogP contribution in [0, 0.1) is 0 Å². The van der Waals surface area contributed by atoms with Crippen molar-refractivity contribution in [1.29, 1.82) is 0 Å². The second-order valence-electron chi connectivity index (χ2n) is 4.58. The van der Waals surface area contributed by atoms with E-state index >= 15 is 0 Å². The van der Waals surface area contributed by atoms with Gasteiger partial charge in [0, 0.05) is 24.2 Å². The summed E-state index contributed by atoms with van der Waals surface area (Å²) in [5.74, 6) is 0.507. The first-order valence-electron chi connectivity index (χ1n) is 6.40. The standard InChI is InChI=1S/C15H15N5/c1-11(12-4-2-6-17-8-12)20-10-18-9-14(20)13-5-3-7-19-15(13)16/h2-11H,1H3,(H2,16,19). The van der Waals surface area contributed by atoms with Crippen molar-refractivity contribution in [2.24, 2.45) is 0 Å². The fourth-order valence-electron chi connectivity index (χ4n) is 2.24. The molecule has 0 spiro atoms. The number of aromatic nitrogens is 4. The van der Waals surface area contributed by atoms with E-state index in [1.807, 2.05) is 30.5 Å². The summed E-state index contributed by atoms with van der Waals surface area (Å²) in [5.41, 5.74) is 8.92. The van der Waals surface area contributed by atoms with Crippen LogP contribution in [0.4, 0.5) is 5.82 Å². The second kappa shape index (κ2) is 5.13. The Hall–Kier alpha value is -2.69. The van der Waals surface area contributed by atoms with Crippen molar-refractivity contribution >= 4 is 5.82 Å². The van der Waals surface area contributed by atoms with Crippen molar-refractivity contribution in [1.82, 2.24) is 19.5 Å². The number of imidazole rings is 1. The lowest BCUT2D eigenvalue weighted by molar-refractivity contribution is 0.642. The highest BCUT2D eigenvalue weighted by Gasteiger charge is 2.14. The van der Waals surface area contributed by atoms with Gasteiger partial charge in [0.2, 0.25) is 0 Å². The summed E-state index contributed by atoms with van der Waals surface area (Å²) in [7, 11) is 0. The van der Waals surface area contributed by atoms with Gasteiger partial charge in [0.1, 0.15) is 5.82 Å². The minimum absolute atomic E-state index is 0.126. The van der Waals surface area contributed by atoms with Gasteiger partial charge in [-0.25, -0.2) is 9.97 Å². The van der Waals surface area contributed by atoms with E-state index in [9.17, 15) is 0 Å². The van der Waals surface area contributed by atoms with Crippen molar-refractivity contribution in [3.63, 3.8) is 0 Å². The van der Waals surface area contributed by atoms with E-state index in [0.29, 0.717) is 5.82 Å². The first-order valence-corrected chi connectivity index (χ1v) is 6.40. The number of nitrogens with two attached hydrogens (primary N) is 1. The Bertz CT molecular complexity index is 705. The summed E-state index contributed by atoms with van der Waals surface area (Å²) in [6.45, 7) is 2.11. The Balaban J connectivity index is 2.05. The Morgan fingerprint density at radius 1 is 1.10 bits per heavy atom. The number of nitrogens with zero attached hydrogens (tertiary/aromatic N) is 4. The molecule has 0 aliphatic heterocycles. The van der Waals surface area contributed by atoms with E-state index in [1.54, 1.807) is 24.9 Å². The van der Waals surface area contributed by atoms with Crippen LogP contribution in [0.15, 0.2) is 55.4 Å². The number of rotatable bonds is 3. The monoisotopic (exact) mass is 265 g/mol. The maximum atomic E-state index is 5.95. The van der Waals surface area contributed by atoms with Crippen LogP contribution < -0.4 is 5.73 Å². The van der Waals surface area contributed by atoms with Gasteiger partial charge in [-0.1, -0.05) is 6.07 Å². The molecule has 5 nitrogen and oxygen atoms in total. The molecule has 100 valence electrons. The van der Waals surface area contributed by atoms with Gasteiger partial charge < -0.3 is 10.3 Å². The average Bonchev–Trinajstić information content (AvgIpc) is 2.97. The third-order valence-electron chi connectivity index (χ3n) is 3.36. The Kier molecular flexibility index (Phi) is 3.16. The lowest BCUT2D eigenvalue weighted by Gasteiger charge is -2.17. The maximum Gasteiger partial charge on any atom is 0.132 e. The predicted molar refractivity (Wildman–Crippen MR) is 77.9 cm³/mol. The molecule has 2 N–H and O–H groups in total. The molecule has 0 radical (unpaired) electrons. The third kappa shape index (κ3) is 2.14. The summed E-state index contributed by atoms with van der Waals surface area (Å²) in [6.07, 6.45) is 8.93. The van der Waals surface area contributed by atoms with E-state index in [1.165, 1.54) is 0 Å². The first kappa shape index (κ1) is 12.3. The van der Waals surface area contributed by atoms with E-state index in [0.717, 1.165) is 16.8 Å². The number of pyridine rings is 2. The fraction of sp³-hybridized carbons (Fsp3) is 0.133. The minimum atomic E-state index is 0.126. The van der Waals surface area contributed by atoms with Gasteiger partial charge in [0.15, 0.2) is 0 Å². The molecule has 0 saturated heterocycles. The third-order valence-corrected chi connectivity index (χ3v) is 3.36. The van der Waals surface area contributed by atoms with Crippen LogP contribution in [0.25, 0.3) is 11.3 Å². The first-order chi connectivity index (χ1) is 9.77. The molecule has 0 aliphatic carbocycles. The Labute approximate surface area is 117 Å². The summed E-state index contributed by atoms with van der Waals surface area (Å²) < 4.78 is 2.07. The fourth-order valence-corrected chi connectivity index (χ4v) is 2.24. The smallest absolute Gasteiger partial charge is 0.132 e. The van der Waals surface area contributed by atoms with Crippen LogP contribution in [0.1, 0.15) is 18.5 Å². The lowest BCUT2D eigenvalue weighted by atomic mass is 10.1. The molecule has 0 aromatic carbocycles. The summed E-state index contributed by atoms with van der Waals surface area (Å²) in [6, 6.07) is 7.93. The van der Waals surface area contributed by atoms with Gasteiger partial charge in [-0.3, -0.25) is 4.98 Å². The normalized spacial score (nSPS) is 12.2. The van der Waals surface area contributed by atoms with Gasteiger partial charge in [-0.15, -0.1) is 0 Å². The highest BCUT2D eigenvalue weighted by Crippen LogP contribution is 2.28. The summed E-state index contributed by atoms with van der Waals surface area (Å²) in [4.78, 5) is 12.5. The van der Waals surface area contributed by atoms with E-state index in [4.69, 9.17) is 5.73 Å². The van der Waals surface area contributed by atoms with Crippen LogP contribution in [-0.2, 0) is 0 Å². The number of hydrogen-bond acceptors (Lipinski definition) is 4. The highest BCUT2D eigenvalue weighted by atomic mass is 15.1. The molecule has 0 saturated carbocycles. The van der Waals surface area contributed by atoms with Crippen LogP contribution in [0.2, 0.25) is 0 Å². The van der Waals surface area contributed by atoms with Crippen LogP contribution in [-0.4, -0.2) is 19.5 Å². The Morgan fingerprint density at radius 3 is 2.70 bits per heavy atom. The zero-order valence-electron chi connectivity index (χ0n) is 11.1. The van der Waals surface area contributed by atoms with Gasteiger partial charge in [-0.2, -0.15) is 0 Å². The molecule has 3 heterocycles. The molecule has 3 rings (SSSR count). The number of anilines is 1. The van der Waals surface area contributed by atoms with Crippen molar-refractivity contribution in [3.05, 3.63) is 60.9 Å². The van der Waals surface area contributed by atoms with Crippen molar-refractivity contribution in [2.75, 3.05) is 5.73 Å². The molecule has 0 fully saturated rings. The van der Waals surface area contributed by atoms with Gasteiger partial charge in [0.25, 0.3) is 0 Å². The predicted octanol–water partition coefficient (Wildman–Crippen LogP) is 2.53. The van der Waals surface area contributed by atoms with E-state index in [-0.39, 0.29) is 6.04 Å². The van der Waals surface area contributed by atoms with Gasteiger partial charge in [0.05, 0.1) is 24.3 Å². The average molecular weight is 265 g/mol. The second-order valence-corrected chi connectivity index (χ2v) is 4.58. The topological polar surface area (TPSA) is 69.6 Å². The molecular weight excluding hydrogens is 250 g/mol. The zero-order chi connectivity index (χ0) is 13.9. The number of nitrogen functional groups attached to an aromatic ring is 1. The van der Waals surface area contributed by atoms with Crippen LogP contribution in [0.5, 0.6) is 0 Å².